The summed E-state index contributed by atoms with van der Waals surface area (Å²) in [6.45, 7) is 0.678. The fourth-order valence-corrected chi connectivity index (χ4v) is 2.85. The molecule has 0 aliphatic carbocycles. The van der Waals surface area contributed by atoms with E-state index in [4.69, 9.17) is 16.2 Å². The van der Waals surface area contributed by atoms with Crippen molar-refractivity contribution in [1.29, 1.82) is 0 Å². The number of methoxy groups -OCH3 is 1. The molecular weight excluding hydrogens is 320 g/mol. The second kappa shape index (κ2) is 7.37. The number of hydrogen-bond donors (Lipinski definition) is 5. The van der Waals surface area contributed by atoms with E-state index in [1.807, 2.05) is 18.2 Å². The number of hydrogen-bond acceptors (Lipinski definition) is 5. The molecule has 0 bridgehead atoms. The Kier molecular flexibility index (Phi) is 5.01. The number of amides is 2. The summed E-state index contributed by atoms with van der Waals surface area (Å²) in [5.41, 5.74) is 15.1. The Hall–Kier alpha value is -2.84. The van der Waals surface area contributed by atoms with Crippen molar-refractivity contribution >= 4 is 23.2 Å². The van der Waals surface area contributed by atoms with Gasteiger partial charge in [-0.25, -0.2) is 9.78 Å². The van der Waals surface area contributed by atoms with Crippen molar-refractivity contribution in [2.24, 2.45) is 5.73 Å². The Morgan fingerprint density at radius 3 is 3.00 bits per heavy atom. The zero-order valence-electron chi connectivity index (χ0n) is 14.0. The minimum atomic E-state index is -0.618. The van der Waals surface area contributed by atoms with Gasteiger partial charge in [0.2, 0.25) is 0 Å². The summed E-state index contributed by atoms with van der Waals surface area (Å²) in [7, 11) is 1.50. The molecule has 25 heavy (non-hydrogen) atoms. The first kappa shape index (κ1) is 17.0. The normalized spacial score (nSPS) is 17.1. The number of pyridine rings is 1. The van der Waals surface area contributed by atoms with Gasteiger partial charge in [-0.1, -0.05) is 18.2 Å². The molecule has 0 saturated carbocycles. The van der Waals surface area contributed by atoms with Gasteiger partial charge in [-0.3, -0.25) is 0 Å². The summed E-state index contributed by atoms with van der Waals surface area (Å²) in [4.78, 5) is 15.2. The SMILES string of the molecule is COC(N)c1c[nH+]c(NC(=O)NC2CNc3ccccc3C2)cc1N. The average Bonchev–Trinajstić information content (AvgIpc) is 2.61. The first-order chi connectivity index (χ1) is 12.1. The van der Waals surface area contributed by atoms with Gasteiger partial charge >= 0.3 is 6.03 Å². The monoisotopic (exact) mass is 343 g/mol. The number of para-hydroxylation sites is 1. The molecular formula is C17H23N6O2+. The molecule has 8 heteroatoms. The molecule has 2 amide bonds. The van der Waals surface area contributed by atoms with Gasteiger partial charge in [0.15, 0.2) is 0 Å². The Morgan fingerprint density at radius 2 is 2.24 bits per heavy atom. The third-order valence-corrected chi connectivity index (χ3v) is 4.18. The van der Waals surface area contributed by atoms with Gasteiger partial charge in [0.25, 0.3) is 5.82 Å². The van der Waals surface area contributed by atoms with E-state index in [0.29, 0.717) is 23.6 Å². The van der Waals surface area contributed by atoms with Gasteiger partial charge in [-0.15, -0.1) is 0 Å². The summed E-state index contributed by atoms with van der Waals surface area (Å²) in [6, 6.07) is 9.40. The number of urea groups is 1. The van der Waals surface area contributed by atoms with Crippen molar-refractivity contribution in [2.45, 2.75) is 18.7 Å². The maximum Gasteiger partial charge on any atom is 0.406 e. The number of aromatic nitrogens is 1. The number of ether oxygens (including phenoxy) is 1. The van der Waals surface area contributed by atoms with E-state index >= 15 is 0 Å². The molecule has 0 radical (unpaired) electrons. The van der Waals surface area contributed by atoms with E-state index in [1.54, 1.807) is 12.3 Å². The summed E-state index contributed by atoms with van der Waals surface area (Å²) < 4.78 is 5.04. The number of benzene rings is 1. The highest BCUT2D eigenvalue weighted by Gasteiger charge is 2.22. The molecule has 0 spiro atoms. The van der Waals surface area contributed by atoms with Crippen LogP contribution in [0.2, 0.25) is 0 Å². The highest BCUT2D eigenvalue weighted by molar-refractivity contribution is 5.88. The second-order valence-corrected chi connectivity index (χ2v) is 5.95. The van der Waals surface area contributed by atoms with Crippen LogP contribution in [0.25, 0.3) is 0 Å². The van der Waals surface area contributed by atoms with Crippen LogP contribution in [0.1, 0.15) is 17.4 Å². The largest absolute Gasteiger partial charge is 0.406 e. The van der Waals surface area contributed by atoms with Crippen molar-refractivity contribution in [3.63, 3.8) is 0 Å². The number of rotatable bonds is 4. The molecule has 1 aromatic carbocycles. The summed E-state index contributed by atoms with van der Waals surface area (Å²) in [6.07, 6.45) is 1.79. The molecule has 0 fully saturated rings. The van der Waals surface area contributed by atoms with Crippen molar-refractivity contribution in [2.75, 3.05) is 30.0 Å². The lowest BCUT2D eigenvalue weighted by molar-refractivity contribution is -0.361. The molecule has 1 aliphatic rings. The Bertz CT molecular complexity index is 767. The number of nitrogen functional groups attached to an aromatic ring is 1. The highest BCUT2D eigenvalue weighted by Crippen LogP contribution is 2.21. The second-order valence-electron chi connectivity index (χ2n) is 5.95. The van der Waals surface area contributed by atoms with Crippen LogP contribution < -0.4 is 32.4 Å². The van der Waals surface area contributed by atoms with Crippen LogP contribution in [0.5, 0.6) is 0 Å². The number of anilines is 3. The summed E-state index contributed by atoms with van der Waals surface area (Å²) >= 11 is 0. The number of carbonyl (C=O) groups excluding carboxylic acids is 1. The molecule has 2 heterocycles. The first-order valence-electron chi connectivity index (χ1n) is 8.05. The molecule has 8 nitrogen and oxygen atoms in total. The van der Waals surface area contributed by atoms with Crippen molar-refractivity contribution in [1.82, 2.24) is 5.32 Å². The maximum absolute atomic E-state index is 12.2. The molecule has 1 aliphatic heterocycles. The van der Waals surface area contributed by atoms with E-state index in [-0.39, 0.29) is 12.1 Å². The first-order valence-corrected chi connectivity index (χ1v) is 8.05. The molecule has 3 rings (SSSR count). The third-order valence-electron chi connectivity index (χ3n) is 4.18. The van der Waals surface area contributed by atoms with Crippen molar-refractivity contribution in [3.8, 4) is 0 Å². The number of aromatic amines is 1. The lowest BCUT2D eigenvalue weighted by atomic mass is 10.00. The van der Waals surface area contributed by atoms with Gasteiger partial charge in [0, 0.05) is 19.3 Å². The predicted octanol–water partition coefficient (Wildman–Crippen LogP) is 0.845. The Morgan fingerprint density at radius 1 is 1.44 bits per heavy atom. The topological polar surface area (TPSA) is 129 Å². The minimum Gasteiger partial charge on any atom is -0.398 e. The van der Waals surface area contributed by atoms with Crippen LogP contribution in [0.3, 0.4) is 0 Å². The molecule has 2 atom stereocenters. The quantitative estimate of drug-likeness (QED) is 0.526. The molecule has 8 N–H and O–H groups in total. The predicted molar refractivity (Wildman–Crippen MR) is 95.9 cm³/mol. The van der Waals surface area contributed by atoms with Crippen LogP contribution in [-0.2, 0) is 11.2 Å². The van der Waals surface area contributed by atoms with E-state index in [9.17, 15) is 4.79 Å². The zero-order valence-corrected chi connectivity index (χ0v) is 14.0. The molecule has 132 valence electrons. The van der Waals surface area contributed by atoms with E-state index in [2.05, 4.69) is 27.0 Å². The maximum atomic E-state index is 12.2. The van der Waals surface area contributed by atoms with E-state index in [1.165, 1.54) is 12.7 Å². The van der Waals surface area contributed by atoms with Gasteiger partial charge in [-0.05, 0) is 18.1 Å². The standard InChI is InChI=1S/C17H22N6O2/c1-25-16(19)12-9-21-15(7-13(12)18)23-17(24)22-11-6-10-4-2-3-5-14(10)20-8-11/h2-5,7,9,11,16,20H,6,8,19H2,1H3,(H4,18,21,22,23,24)/p+1. The lowest BCUT2D eigenvalue weighted by Gasteiger charge is -2.26. The molecule has 0 saturated heterocycles. The molecule has 2 unspecified atom stereocenters. The molecule has 1 aromatic heterocycles. The van der Waals surface area contributed by atoms with E-state index < -0.39 is 6.23 Å². The lowest BCUT2D eigenvalue weighted by Crippen LogP contribution is -2.45. The van der Waals surface area contributed by atoms with Gasteiger partial charge in [-0.2, -0.15) is 5.32 Å². The Balaban J connectivity index is 1.59. The number of fused-ring (bicyclic) bond motifs is 1. The number of carbonyl (C=O) groups is 1. The van der Waals surface area contributed by atoms with Crippen LogP contribution >= 0.6 is 0 Å². The zero-order chi connectivity index (χ0) is 17.8. The van der Waals surface area contributed by atoms with Gasteiger partial charge in [0.05, 0.1) is 29.6 Å². The van der Waals surface area contributed by atoms with Crippen LogP contribution in [0.15, 0.2) is 36.5 Å². The van der Waals surface area contributed by atoms with Gasteiger partial charge < -0.3 is 26.8 Å². The fourth-order valence-electron chi connectivity index (χ4n) is 2.85. The third kappa shape index (κ3) is 3.98. The van der Waals surface area contributed by atoms with Crippen molar-refractivity contribution < 1.29 is 14.5 Å². The average molecular weight is 343 g/mol. The number of H-pyrrole nitrogens is 1. The van der Waals surface area contributed by atoms with Crippen LogP contribution in [-0.4, -0.2) is 25.7 Å². The number of nitrogens with one attached hydrogen (secondary N) is 4. The smallest absolute Gasteiger partial charge is 0.398 e. The summed E-state index contributed by atoms with van der Waals surface area (Å²) in [5.74, 6) is 0.478. The fraction of sp³-hybridized carbons (Fsp3) is 0.294. The van der Waals surface area contributed by atoms with Crippen LogP contribution in [0, 0.1) is 0 Å². The number of nitrogens with two attached hydrogens (primary N) is 2. The van der Waals surface area contributed by atoms with E-state index in [0.717, 1.165) is 12.1 Å². The van der Waals surface area contributed by atoms with Gasteiger partial charge in [0.1, 0.15) is 6.23 Å². The van der Waals surface area contributed by atoms with Crippen LogP contribution in [0.4, 0.5) is 22.0 Å². The minimum absolute atomic E-state index is 0.00781. The molecule has 2 aromatic rings. The highest BCUT2D eigenvalue weighted by atomic mass is 16.5. The van der Waals surface area contributed by atoms with Crippen molar-refractivity contribution in [3.05, 3.63) is 47.7 Å². The Labute approximate surface area is 145 Å². The summed E-state index contributed by atoms with van der Waals surface area (Å²) in [5, 5.41) is 9.02.